The molecule has 4 N–H and O–H groups in total. The van der Waals surface area contributed by atoms with Gasteiger partial charge in [0.05, 0.1) is 12.2 Å². The molecule has 2 amide bonds. The van der Waals surface area contributed by atoms with E-state index in [-0.39, 0.29) is 18.8 Å². The van der Waals surface area contributed by atoms with Crippen molar-refractivity contribution in [2.45, 2.75) is 138 Å². The van der Waals surface area contributed by atoms with Crippen LogP contribution in [0.25, 0.3) is 0 Å². The molecule has 56 heavy (non-hydrogen) atoms. The van der Waals surface area contributed by atoms with Gasteiger partial charge >= 0.3 is 0 Å². The molecule has 1 aromatic carbocycles. The summed E-state index contributed by atoms with van der Waals surface area (Å²) in [6, 6.07) is 12.5. The third kappa shape index (κ3) is 10.3. The average Bonchev–Trinajstić information content (AvgIpc) is 3.61. The Bertz CT molecular complexity index is 1570. The van der Waals surface area contributed by atoms with Gasteiger partial charge in [0, 0.05) is 17.5 Å². The number of fused-ring (bicyclic) bond motifs is 7. The SMILES string of the molecule is C=CCSCC.Cc1ccc(CNC(=O)c2cccc(CCC34CCCC3C3CCC5C(C)(CCC6C(C)(C)CCCC65C)C3CC4)c2)nc1.NC=O.O=CO. The van der Waals surface area contributed by atoms with Gasteiger partial charge in [-0.05, 0) is 170 Å². The van der Waals surface area contributed by atoms with Gasteiger partial charge in [0.2, 0.25) is 6.41 Å². The molecule has 8 heteroatoms. The van der Waals surface area contributed by atoms with Gasteiger partial charge in [0.1, 0.15) is 0 Å². The maximum Gasteiger partial charge on any atom is 0.290 e. The monoisotopic (exact) mass is 788 g/mol. The Morgan fingerprint density at radius 2 is 1.70 bits per heavy atom. The van der Waals surface area contributed by atoms with Crippen molar-refractivity contribution in [1.82, 2.24) is 10.3 Å². The van der Waals surface area contributed by atoms with Crippen molar-refractivity contribution in [3.63, 3.8) is 0 Å². The first kappa shape index (κ1) is 45.6. The quantitative estimate of drug-likeness (QED) is 0.132. The summed E-state index contributed by atoms with van der Waals surface area (Å²) in [7, 11) is 0. The van der Waals surface area contributed by atoms with E-state index in [9.17, 15) is 4.79 Å². The molecule has 5 aliphatic rings. The Kier molecular flexibility index (Phi) is 16.7. The topological polar surface area (TPSA) is 122 Å². The minimum absolute atomic E-state index is 0.00131. The van der Waals surface area contributed by atoms with Crippen LogP contribution in [-0.4, -0.2) is 40.4 Å². The number of nitrogens with two attached hydrogens (primary N) is 1. The van der Waals surface area contributed by atoms with Crippen LogP contribution in [-0.2, 0) is 22.6 Å². The van der Waals surface area contributed by atoms with Gasteiger partial charge in [0.15, 0.2) is 0 Å². The molecule has 0 aliphatic heterocycles. The van der Waals surface area contributed by atoms with Gasteiger partial charge in [-0.15, -0.1) is 6.58 Å². The highest BCUT2D eigenvalue weighted by Gasteiger charge is 2.65. The van der Waals surface area contributed by atoms with Crippen LogP contribution in [0.3, 0.4) is 0 Å². The van der Waals surface area contributed by atoms with Crippen molar-refractivity contribution in [2.24, 2.45) is 57.0 Å². The number of rotatable bonds is 9. The smallest absolute Gasteiger partial charge is 0.290 e. The highest BCUT2D eigenvalue weighted by Crippen LogP contribution is 2.73. The van der Waals surface area contributed by atoms with Crippen molar-refractivity contribution in [2.75, 3.05) is 11.5 Å². The Labute approximate surface area is 343 Å². The molecule has 0 radical (unpaired) electrons. The predicted molar refractivity (Wildman–Crippen MR) is 232 cm³/mol. The summed E-state index contributed by atoms with van der Waals surface area (Å²) < 4.78 is 0. The van der Waals surface area contributed by atoms with E-state index in [4.69, 9.17) is 14.7 Å². The first-order valence-corrected chi connectivity index (χ1v) is 22.6. The molecule has 8 atom stereocenters. The third-order valence-corrected chi connectivity index (χ3v) is 16.3. The highest BCUT2D eigenvalue weighted by molar-refractivity contribution is 7.99. The zero-order chi connectivity index (χ0) is 41.0. The van der Waals surface area contributed by atoms with Gasteiger partial charge in [-0.2, -0.15) is 11.8 Å². The van der Waals surface area contributed by atoms with Crippen LogP contribution in [0, 0.1) is 58.2 Å². The zero-order valence-corrected chi connectivity index (χ0v) is 36.3. The van der Waals surface area contributed by atoms with Gasteiger partial charge in [-0.3, -0.25) is 19.4 Å². The van der Waals surface area contributed by atoms with Gasteiger partial charge in [-0.1, -0.05) is 71.7 Å². The van der Waals surface area contributed by atoms with Crippen LogP contribution in [0.4, 0.5) is 0 Å². The van der Waals surface area contributed by atoms with Crippen molar-refractivity contribution in [3.8, 4) is 0 Å². The normalized spacial score (nSPS) is 31.9. The lowest BCUT2D eigenvalue weighted by atomic mass is 9.36. The number of aromatic nitrogens is 1. The van der Waals surface area contributed by atoms with E-state index >= 15 is 0 Å². The second-order valence-corrected chi connectivity index (χ2v) is 20.0. The molecule has 8 unspecified atom stereocenters. The summed E-state index contributed by atoms with van der Waals surface area (Å²) >= 11 is 1.89. The second kappa shape index (κ2) is 20.5. The van der Waals surface area contributed by atoms with E-state index in [1.807, 2.05) is 49.2 Å². The first-order chi connectivity index (χ1) is 26.8. The molecule has 1 aromatic heterocycles. The number of hydrogen-bond donors (Lipinski definition) is 3. The van der Waals surface area contributed by atoms with E-state index in [1.54, 1.807) is 0 Å². The summed E-state index contributed by atoms with van der Waals surface area (Å²) in [5.41, 5.74) is 10.5. The van der Waals surface area contributed by atoms with E-state index in [1.165, 1.54) is 94.8 Å². The van der Waals surface area contributed by atoms with E-state index in [0.717, 1.165) is 58.6 Å². The van der Waals surface area contributed by atoms with E-state index in [0.29, 0.717) is 28.2 Å². The molecule has 1 heterocycles. The fraction of sp³-hybridized carbons (Fsp3) is 0.667. The van der Waals surface area contributed by atoms with Crippen molar-refractivity contribution >= 4 is 30.6 Å². The first-order valence-electron chi connectivity index (χ1n) is 21.5. The number of carboxylic acid groups (broad SMARTS) is 1. The molecule has 7 nitrogen and oxygen atoms in total. The summed E-state index contributed by atoms with van der Waals surface area (Å²) in [6.07, 6.45) is 24.0. The number of hydrogen-bond acceptors (Lipinski definition) is 5. The number of primary amides is 1. The number of nitrogens with one attached hydrogen (secondary N) is 1. The number of benzene rings is 1. The van der Waals surface area contributed by atoms with Crippen molar-refractivity contribution in [3.05, 3.63) is 77.6 Å². The van der Waals surface area contributed by atoms with Crippen LogP contribution >= 0.6 is 11.8 Å². The molecule has 5 fully saturated rings. The molecule has 0 saturated heterocycles. The summed E-state index contributed by atoms with van der Waals surface area (Å²) in [5.74, 6) is 6.95. The Morgan fingerprint density at radius 1 is 0.946 bits per heavy atom. The number of carbonyl (C=O) groups is 3. The van der Waals surface area contributed by atoms with Gasteiger partial charge in [-0.25, -0.2) is 0 Å². The number of aryl methyl sites for hydroxylation is 2. The van der Waals surface area contributed by atoms with E-state index < -0.39 is 0 Å². The standard InChI is InChI=1S/C41H58N2O.C5H10S.CH3NO.CH2O2/c1-28-12-13-31(42-26-28)27-43-37(44)30-10-6-9-29(25-30)16-23-41-21-7-11-34(41)32-14-15-36-39(4,33(32)17-24-41)22-18-35-38(2,3)19-8-20-40(35,36)5;1-3-5-6-4-2;2*2-1-3/h6,9-10,12-13,25-26,32-36H,7-8,11,14-24,27H2,1-5H3,(H,43,44);3H,1,4-5H2,2H3;1H,(H2,2,3);1H,(H,2,3). The second-order valence-electron chi connectivity index (χ2n) is 18.6. The number of amides is 2. The Balaban J connectivity index is 0.000000512. The van der Waals surface area contributed by atoms with Crippen molar-refractivity contribution < 1.29 is 19.5 Å². The summed E-state index contributed by atoms with van der Waals surface area (Å²) in [5, 5.41) is 9.97. The van der Waals surface area contributed by atoms with E-state index in [2.05, 4.69) is 75.4 Å². The predicted octanol–water partition coefficient (Wildman–Crippen LogP) is 10.8. The van der Waals surface area contributed by atoms with Crippen LogP contribution < -0.4 is 11.1 Å². The maximum absolute atomic E-state index is 13.0. The van der Waals surface area contributed by atoms with Crippen molar-refractivity contribution in [1.29, 1.82) is 0 Å². The minimum atomic E-state index is -0.250. The molecule has 2 aromatic rings. The number of thioether (sulfide) groups is 1. The largest absolute Gasteiger partial charge is 0.483 e. The lowest BCUT2D eigenvalue weighted by Crippen LogP contribution is -2.61. The van der Waals surface area contributed by atoms with Crippen LogP contribution in [0.2, 0.25) is 0 Å². The zero-order valence-electron chi connectivity index (χ0n) is 35.5. The lowest BCUT2D eigenvalue weighted by molar-refractivity contribution is -0.195. The Morgan fingerprint density at radius 3 is 2.36 bits per heavy atom. The lowest BCUT2D eigenvalue weighted by Gasteiger charge is -2.68. The van der Waals surface area contributed by atoms with Crippen LogP contribution in [0.1, 0.15) is 145 Å². The number of carbonyl (C=O) groups excluding carboxylic acids is 2. The molecular weight excluding hydrogens is 715 g/mol. The van der Waals surface area contributed by atoms with Gasteiger partial charge in [0.25, 0.3) is 12.4 Å². The maximum atomic E-state index is 13.0. The van der Waals surface area contributed by atoms with Crippen LogP contribution in [0.5, 0.6) is 0 Å². The third-order valence-electron chi connectivity index (χ3n) is 15.4. The summed E-state index contributed by atoms with van der Waals surface area (Å²) in [4.78, 5) is 34.4. The molecule has 310 valence electrons. The van der Waals surface area contributed by atoms with Gasteiger partial charge < -0.3 is 16.2 Å². The fourth-order valence-electron chi connectivity index (χ4n) is 13.2. The average molecular weight is 788 g/mol. The molecule has 0 bridgehead atoms. The Hall–Kier alpha value is -3.13. The molecule has 5 aliphatic carbocycles. The highest BCUT2D eigenvalue weighted by atomic mass is 32.2. The molecule has 7 rings (SSSR count). The molecule has 0 spiro atoms. The molecular formula is C48H73N3O4S. The number of nitrogens with zero attached hydrogens (tertiary/aromatic N) is 1. The number of pyridine rings is 1. The minimum Gasteiger partial charge on any atom is -0.483 e. The fourth-order valence-corrected chi connectivity index (χ4v) is 13.6. The molecule has 5 saturated carbocycles. The van der Waals surface area contributed by atoms with Crippen LogP contribution in [0.15, 0.2) is 55.3 Å². The summed E-state index contributed by atoms with van der Waals surface area (Å²) in [6.45, 7) is 18.7.